The molecule has 0 saturated carbocycles. The minimum Gasteiger partial charge on any atom is -0.332 e. The predicted molar refractivity (Wildman–Crippen MR) is 69.4 cm³/mol. The lowest BCUT2D eigenvalue weighted by molar-refractivity contribution is 0.0945. The Kier molecular flexibility index (Phi) is 3.92. The molecule has 0 radical (unpaired) electrons. The Hall–Kier alpha value is -1.90. The number of aromatic nitrogens is 1. The summed E-state index contributed by atoms with van der Waals surface area (Å²) in [4.78, 5) is 16.5. The largest absolute Gasteiger partial charge is 0.332 e. The molecule has 4 nitrogen and oxygen atoms in total. The zero-order chi connectivity index (χ0) is 13.0. The molecule has 0 aliphatic heterocycles. The minimum atomic E-state index is -0.649. The van der Waals surface area contributed by atoms with E-state index in [1.165, 1.54) is 23.6 Å². The summed E-state index contributed by atoms with van der Waals surface area (Å²) in [5.74, 6) is -0.348. The maximum Gasteiger partial charge on any atom is 0.252 e. The van der Waals surface area contributed by atoms with Crippen molar-refractivity contribution < 1.29 is 4.79 Å². The van der Waals surface area contributed by atoms with Gasteiger partial charge in [-0.1, -0.05) is 17.7 Å². The van der Waals surface area contributed by atoms with Crippen LogP contribution in [0, 0.1) is 11.3 Å². The van der Waals surface area contributed by atoms with E-state index < -0.39 is 6.04 Å². The van der Waals surface area contributed by atoms with E-state index in [-0.39, 0.29) is 11.1 Å². The highest BCUT2D eigenvalue weighted by atomic mass is 35.5. The highest BCUT2D eigenvalue weighted by molar-refractivity contribution is 7.10. The maximum absolute atomic E-state index is 11.9. The molecule has 0 fully saturated rings. The third-order valence-electron chi connectivity index (χ3n) is 2.22. The second-order valence-corrected chi connectivity index (χ2v) is 4.78. The van der Waals surface area contributed by atoms with Crippen molar-refractivity contribution in [2.24, 2.45) is 0 Å². The fourth-order valence-electron chi connectivity index (χ4n) is 1.38. The number of pyridine rings is 1. The molecule has 2 rings (SSSR count). The Labute approximate surface area is 113 Å². The van der Waals surface area contributed by atoms with Gasteiger partial charge in [0.05, 0.1) is 6.07 Å². The summed E-state index contributed by atoms with van der Waals surface area (Å²) in [6.07, 6.45) is 1.45. The maximum atomic E-state index is 11.9. The summed E-state index contributed by atoms with van der Waals surface area (Å²) >= 11 is 7.13. The Balaban J connectivity index is 2.14. The fourth-order valence-corrected chi connectivity index (χ4v) is 2.27. The second kappa shape index (κ2) is 5.63. The summed E-state index contributed by atoms with van der Waals surface area (Å²) in [6.45, 7) is 0. The molecular formula is C12H8ClN3OS. The monoisotopic (exact) mass is 277 g/mol. The van der Waals surface area contributed by atoms with E-state index in [0.29, 0.717) is 5.56 Å². The van der Waals surface area contributed by atoms with Crippen LogP contribution in [-0.2, 0) is 0 Å². The van der Waals surface area contributed by atoms with Crippen molar-refractivity contribution in [3.63, 3.8) is 0 Å². The van der Waals surface area contributed by atoms with E-state index in [4.69, 9.17) is 16.9 Å². The SMILES string of the molecule is N#CC(NC(=O)c1ccnc(Cl)c1)c1cccs1. The van der Waals surface area contributed by atoms with Crippen molar-refractivity contribution in [2.45, 2.75) is 6.04 Å². The molecule has 1 atom stereocenters. The summed E-state index contributed by atoms with van der Waals surface area (Å²) in [6, 6.07) is 8.04. The van der Waals surface area contributed by atoms with Crippen LogP contribution in [0.3, 0.4) is 0 Å². The first-order valence-corrected chi connectivity index (χ1v) is 6.32. The first kappa shape index (κ1) is 12.6. The Morgan fingerprint density at radius 3 is 3.00 bits per heavy atom. The van der Waals surface area contributed by atoms with E-state index in [9.17, 15) is 4.79 Å². The Bertz CT molecular complexity index is 592. The number of amides is 1. The van der Waals surface area contributed by atoms with Crippen LogP contribution in [0.15, 0.2) is 35.8 Å². The highest BCUT2D eigenvalue weighted by Gasteiger charge is 2.16. The second-order valence-electron chi connectivity index (χ2n) is 3.42. The van der Waals surface area contributed by atoms with Crippen molar-refractivity contribution in [3.05, 3.63) is 51.4 Å². The zero-order valence-electron chi connectivity index (χ0n) is 9.13. The van der Waals surface area contributed by atoms with E-state index in [2.05, 4.69) is 10.3 Å². The van der Waals surface area contributed by atoms with Crippen molar-refractivity contribution in [1.82, 2.24) is 10.3 Å². The van der Waals surface area contributed by atoms with Crippen LogP contribution in [0.25, 0.3) is 0 Å². The average Bonchev–Trinajstić information content (AvgIpc) is 2.89. The first-order chi connectivity index (χ1) is 8.70. The summed E-state index contributed by atoms with van der Waals surface area (Å²) in [7, 11) is 0. The quantitative estimate of drug-likeness (QED) is 0.877. The predicted octanol–water partition coefficient (Wildman–Crippen LogP) is 2.79. The van der Waals surface area contributed by atoms with Crippen LogP contribution >= 0.6 is 22.9 Å². The molecular weight excluding hydrogens is 270 g/mol. The average molecular weight is 278 g/mol. The van der Waals surface area contributed by atoms with Gasteiger partial charge in [-0.3, -0.25) is 4.79 Å². The van der Waals surface area contributed by atoms with E-state index in [1.807, 2.05) is 17.5 Å². The van der Waals surface area contributed by atoms with Gasteiger partial charge in [-0.15, -0.1) is 11.3 Å². The lowest BCUT2D eigenvalue weighted by atomic mass is 10.2. The third kappa shape index (κ3) is 2.86. The molecule has 2 heterocycles. The number of hydrogen-bond acceptors (Lipinski definition) is 4. The number of nitriles is 1. The number of hydrogen-bond donors (Lipinski definition) is 1. The molecule has 6 heteroatoms. The topological polar surface area (TPSA) is 65.8 Å². The molecule has 1 amide bonds. The normalized spacial score (nSPS) is 11.6. The Morgan fingerprint density at radius 2 is 2.39 bits per heavy atom. The van der Waals surface area contributed by atoms with E-state index in [1.54, 1.807) is 12.1 Å². The van der Waals surface area contributed by atoms with Crippen molar-refractivity contribution in [3.8, 4) is 6.07 Å². The summed E-state index contributed by atoms with van der Waals surface area (Å²) in [5.41, 5.74) is 0.381. The van der Waals surface area contributed by atoms with Crippen LogP contribution in [0.1, 0.15) is 21.3 Å². The Morgan fingerprint density at radius 1 is 1.56 bits per heavy atom. The number of nitrogens with one attached hydrogen (secondary N) is 1. The molecule has 0 bridgehead atoms. The van der Waals surface area contributed by atoms with Crippen LogP contribution in [0.2, 0.25) is 5.15 Å². The molecule has 0 aromatic carbocycles. The molecule has 2 aromatic heterocycles. The van der Waals surface area contributed by atoms with E-state index in [0.717, 1.165) is 4.88 Å². The van der Waals surface area contributed by atoms with Gasteiger partial charge >= 0.3 is 0 Å². The smallest absolute Gasteiger partial charge is 0.252 e. The van der Waals surface area contributed by atoms with Crippen molar-refractivity contribution in [2.75, 3.05) is 0 Å². The molecule has 0 aliphatic rings. The lowest BCUT2D eigenvalue weighted by Crippen LogP contribution is -2.27. The van der Waals surface area contributed by atoms with Gasteiger partial charge in [-0.05, 0) is 23.6 Å². The number of carbonyl (C=O) groups excluding carboxylic acids is 1. The molecule has 1 N–H and O–H groups in total. The van der Waals surface area contributed by atoms with Gasteiger partial charge in [-0.2, -0.15) is 5.26 Å². The van der Waals surface area contributed by atoms with Crippen LogP contribution in [0.4, 0.5) is 0 Å². The number of nitrogens with zero attached hydrogens (tertiary/aromatic N) is 2. The minimum absolute atomic E-state index is 0.243. The molecule has 2 aromatic rings. The van der Waals surface area contributed by atoms with Gasteiger partial charge in [-0.25, -0.2) is 4.98 Å². The van der Waals surface area contributed by atoms with Crippen LogP contribution in [-0.4, -0.2) is 10.9 Å². The third-order valence-corrected chi connectivity index (χ3v) is 3.36. The van der Waals surface area contributed by atoms with Gasteiger partial charge in [0.15, 0.2) is 6.04 Å². The van der Waals surface area contributed by atoms with Crippen molar-refractivity contribution >= 4 is 28.8 Å². The molecule has 18 heavy (non-hydrogen) atoms. The van der Waals surface area contributed by atoms with Crippen LogP contribution in [0.5, 0.6) is 0 Å². The van der Waals surface area contributed by atoms with Gasteiger partial charge in [0, 0.05) is 16.6 Å². The summed E-state index contributed by atoms with van der Waals surface area (Å²) < 4.78 is 0. The molecule has 90 valence electrons. The van der Waals surface area contributed by atoms with Gasteiger partial charge in [0.25, 0.3) is 5.91 Å². The van der Waals surface area contributed by atoms with Crippen molar-refractivity contribution in [1.29, 1.82) is 5.26 Å². The lowest BCUT2D eigenvalue weighted by Gasteiger charge is -2.09. The molecule has 0 saturated heterocycles. The standard InChI is InChI=1S/C12H8ClN3OS/c13-11-6-8(3-4-15-11)12(17)16-9(7-14)10-2-1-5-18-10/h1-6,9H,(H,16,17). The fraction of sp³-hybridized carbons (Fsp3) is 0.0833. The number of rotatable bonds is 3. The molecule has 1 unspecified atom stereocenters. The summed E-state index contributed by atoms with van der Waals surface area (Å²) in [5, 5.41) is 13.8. The van der Waals surface area contributed by atoms with Gasteiger partial charge < -0.3 is 5.32 Å². The van der Waals surface area contributed by atoms with Crippen LogP contribution < -0.4 is 5.32 Å². The number of carbonyl (C=O) groups is 1. The number of thiophene rings is 1. The number of halogens is 1. The van der Waals surface area contributed by atoms with Gasteiger partial charge in [0.1, 0.15) is 5.15 Å². The first-order valence-electron chi connectivity index (χ1n) is 5.06. The van der Waals surface area contributed by atoms with Gasteiger partial charge in [0.2, 0.25) is 0 Å². The molecule has 0 spiro atoms. The molecule has 0 aliphatic carbocycles. The zero-order valence-corrected chi connectivity index (χ0v) is 10.7. The van der Waals surface area contributed by atoms with E-state index >= 15 is 0 Å². The highest BCUT2D eigenvalue weighted by Crippen LogP contribution is 2.18.